The van der Waals surface area contributed by atoms with E-state index in [2.05, 4.69) is 75.3 Å². The monoisotopic (exact) mass is 282 g/mol. The first-order chi connectivity index (χ1) is 9.97. The highest BCUT2D eigenvalue weighted by atomic mass is 14.9. The summed E-state index contributed by atoms with van der Waals surface area (Å²) in [4.78, 5) is 4.62. The van der Waals surface area contributed by atoms with E-state index >= 15 is 0 Å². The number of para-hydroxylation sites is 1. The fraction of sp³-hybridized carbons (Fsp3) is 0.421. The van der Waals surface area contributed by atoms with E-state index in [0.29, 0.717) is 12.0 Å². The topological polar surface area (TPSA) is 24.9 Å². The van der Waals surface area contributed by atoms with Gasteiger partial charge in [-0.05, 0) is 30.5 Å². The standard InChI is InChI=1S/C19H26N2/c1-13(2)17(12-20-14(3)4)11-16-10-15(5)21-19-9-7-6-8-18(16)19/h6-11,13-14,20H,12H2,1-5H3. The summed E-state index contributed by atoms with van der Waals surface area (Å²) in [6.45, 7) is 11.9. The van der Waals surface area contributed by atoms with Gasteiger partial charge in [-0.1, -0.05) is 57.5 Å². The molecule has 0 saturated carbocycles. The van der Waals surface area contributed by atoms with E-state index in [1.54, 1.807) is 0 Å². The van der Waals surface area contributed by atoms with Crippen molar-refractivity contribution in [2.24, 2.45) is 5.92 Å². The molecule has 0 aliphatic heterocycles. The van der Waals surface area contributed by atoms with Gasteiger partial charge in [-0.2, -0.15) is 0 Å². The third-order valence-electron chi connectivity index (χ3n) is 3.67. The van der Waals surface area contributed by atoms with Crippen LogP contribution in [0.15, 0.2) is 35.9 Å². The number of rotatable bonds is 5. The summed E-state index contributed by atoms with van der Waals surface area (Å²) in [5.74, 6) is 0.531. The summed E-state index contributed by atoms with van der Waals surface area (Å²) in [6.07, 6.45) is 2.33. The molecule has 2 aromatic rings. The van der Waals surface area contributed by atoms with Crippen LogP contribution >= 0.6 is 0 Å². The normalized spacial score (nSPS) is 12.6. The second kappa shape index (κ2) is 6.86. The van der Waals surface area contributed by atoms with Gasteiger partial charge in [0, 0.05) is 23.7 Å². The molecule has 0 bridgehead atoms. The van der Waals surface area contributed by atoms with Crippen molar-refractivity contribution in [3.8, 4) is 0 Å². The van der Waals surface area contributed by atoms with Gasteiger partial charge in [-0.25, -0.2) is 0 Å². The second-order valence-corrected chi connectivity index (χ2v) is 6.28. The number of hydrogen-bond acceptors (Lipinski definition) is 2. The molecule has 1 aromatic heterocycles. The fourth-order valence-electron chi connectivity index (χ4n) is 2.40. The highest BCUT2D eigenvalue weighted by Crippen LogP contribution is 2.22. The van der Waals surface area contributed by atoms with E-state index in [0.717, 1.165) is 17.8 Å². The zero-order valence-electron chi connectivity index (χ0n) is 13.8. The molecule has 0 aliphatic carbocycles. The maximum absolute atomic E-state index is 4.62. The molecule has 0 fully saturated rings. The maximum atomic E-state index is 4.62. The first-order valence-corrected chi connectivity index (χ1v) is 7.77. The molecule has 1 N–H and O–H groups in total. The minimum atomic E-state index is 0.503. The summed E-state index contributed by atoms with van der Waals surface area (Å²) in [6, 6.07) is 11.1. The molecule has 0 atom stereocenters. The van der Waals surface area contributed by atoms with Crippen LogP contribution in [0.3, 0.4) is 0 Å². The number of nitrogens with zero attached hydrogens (tertiary/aromatic N) is 1. The smallest absolute Gasteiger partial charge is 0.0711 e. The Labute approximate surface area is 128 Å². The first-order valence-electron chi connectivity index (χ1n) is 7.77. The van der Waals surface area contributed by atoms with Gasteiger partial charge in [-0.3, -0.25) is 4.98 Å². The van der Waals surface area contributed by atoms with E-state index in [9.17, 15) is 0 Å². The Kier molecular flexibility index (Phi) is 5.13. The lowest BCUT2D eigenvalue weighted by Gasteiger charge is -2.16. The molecule has 2 heteroatoms. The summed E-state index contributed by atoms with van der Waals surface area (Å²) < 4.78 is 0. The molecule has 0 aliphatic rings. The zero-order valence-corrected chi connectivity index (χ0v) is 13.8. The van der Waals surface area contributed by atoms with Crippen molar-refractivity contribution in [1.29, 1.82) is 0 Å². The van der Waals surface area contributed by atoms with Crippen LogP contribution in [0, 0.1) is 12.8 Å². The maximum Gasteiger partial charge on any atom is 0.0711 e. The Balaban J connectivity index is 2.45. The first kappa shape index (κ1) is 15.7. The average molecular weight is 282 g/mol. The van der Waals surface area contributed by atoms with E-state index in [4.69, 9.17) is 0 Å². The molecule has 0 amide bonds. The van der Waals surface area contributed by atoms with Crippen LogP contribution < -0.4 is 5.32 Å². The SMILES string of the molecule is Cc1cc(C=C(CNC(C)C)C(C)C)c2ccccc2n1. The van der Waals surface area contributed by atoms with Gasteiger partial charge in [0.1, 0.15) is 0 Å². The summed E-state index contributed by atoms with van der Waals surface area (Å²) in [5.41, 5.74) is 4.84. The lowest BCUT2D eigenvalue weighted by molar-refractivity contribution is 0.593. The number of benzene rings is 1. The second-order valence-electron chi connectivity index (χ2n) is 6.28. The van der Waals surface area contributed by atoms with Crippen LogP contribution in [0.4, 0.5) is 0 Å². The molecule has 2 nitrogen and oxygen atoms in total. The van der Waals surface area contributed by atoms with Crippen molar-refractivity contribution in [1.82, 2.24) is 10.3 Å². The van der Waals surface area contributed by atoms with Crippen LogP contribution in [0.25, 0.3) is 17.0 Å². The number of pyridine rings is 1. The predicted molar refractivity (Wildman–Crippen MR) is 92.4 cm³/mol. The third-order valence-corrected chi connectivity index (χ3v) is 3.67. The Morgan fingerprint density at radius 1 is 1.19 bits per heavy atom. The molecule has 0 spiro atoms. The lowest BCUT2D eigenvalue weighted by atomic mass is 9.98. The number of aromatic nitrogens is 1. The predicted octanol–water partition coefficient (Wildman–Crippen LogP) is 4.58. The number of aryl methyl sites for hydroxylation is 1. The highest BCUT2D eigenvalue weighted by Gasteiger charge is 2.07. The van der Waals surface area contributed by atoms with Crippen LogP contribution in [-0.4, -0.2) is 17.6 Å². The van der Waals surface area contributed by atoms with Crippen molar-refractivity contribution >= 4 is 17.0 Å². The number of fused-ring (bicyclic) bond motifs is 1. The van der Waals surface area contributed by atoms with Gasteiger partial charge in [0.25, 0.3) is 0 Å². The van der Waals surface area contributed by atoms with Gasteiger partial charge in [0.2, 0.25) is 0 Å². The van der Waals surface area contributed by atoms with Crippen molar-refractivity contribution in [2.75, 3.05) is 6.54 Å². The average Bonchev–Trinajstić information content (AvgIpc) is 2.42. The Bertz CT molecular complexity index is 639. The van der Waals surface area contributed by atoms with E-state index < -0.39 is 0 Å². The van der Waals surface area contributed by atoms with Crippen LogP contribution in [0.1, 0.15) is 39.0 Å². The molecule has 21 heavy (non-hydrogen) atoms. The minimum absolute atomic E-state index is 0.503. The molecule has 0 saturated heterocycles. The van der Waals surface area contributed by atoms with Gasteiger partial charge in [0.15, 0.2) is 0 Å². The zero-order chi connectivity index (χ0) is 15.4. The molecule has 112 valence electrons. The van der Waals surface area contributed by atoms with Crippen LogP contribution in [0.5, 0.6) is 0 Å². The molecule has 0 unspecified atom stereocenters. The van der Waals surface area contributed by atoms with Gasteiger partial charge in [0.05, 0.1) is 5.52 Å². The summed E-state index contributed by atoms with van der Waals surface area (Å²) in [5, 5.41) is 4.75. The van der Waals surface area contributed by atoms with Crippen molar-refractivity contribution in [3.63, 3.8) is 0 Å². The molecular formula is C19H26N2. The summed E-state index contributed by atoms with van der Waals surface area (Å²) >= 11 is 0. The van der Waals surface area contributed by atoms with Crippen LogP contribution in [-0.2, 0) is 0 Å². The van der Waals surface area contributed by atoms with Gasteiger partial charge in [-0.15, -0.1) is 0 Å². The van der Waals surface area contributed by atoms with Crippen LogP contribution in [0.2, 0.25) is 0 Å². The van der Waals surface area contributed by atoms with Crippen molar-refractivity contribution in [2.45, 2.75) is 40.7 Å². The Hall–Kier alpha value is -1.67. The fourth-order valence-corrected chi connectivity index (χ4v) is 2.40. The lowest BCUT2D eigenvalue weighted by Crippen LogP contribution is -2.26. The molecule has 1 aromatic carbocycles. The van der Waals surface area contributed by atoms with Gasteiger partial charge < -0.3 is 5.32 Å². The molecule has 2 rings (SSSR count). The van der Waals surface area contributed by atoms with Gasteiger partial charge >= 0.3 is 0 Å². The van der Waals surface area contributed by atoms with E-state index in [-0.39, 0.29) is 0 Å². The number of nitrogens with one attached hydrogen (secondary N) is 1. The minimum Gasteiger partial charge on any atom is -0.311 e. The Morgan fingerprint density at radius 3 is 2.57 bits per heavy atom. The summed E-state index contributed by atoms with van der Waals surface area (Å²) in [7, 11) is 0. The molecule has 0 radical (unpaired) electrons. The van der Waals surface area contributed by atoms with Crippen molar-refractivity contribution in [3.05, 3.63) is 47.2 Å². The number of hydrogen-bond donors (Lipinski definition) is 1. The quantitative estimate of drug-likeness (QED) is 0.868. The highest BCUT2D eigenvalue weighted by molar-refractivity contribution is 5.88. The molecular weight excluding hydrogens is 256 g/mol. The largest absolute Gasteiger partial charge is 0.311 e. The Morgan fingerprint density at radius 2 is 1.90 bits per heavy atom. The third kappa shape index (κ3) is 4.15. The van der Waals surface area contributed by atoms with Crippen molar-refractivity contribution < 1.29 is 0 Å². The van der Waals surface area contributed by atoms with E-state index in [1.165, 1.54) is 16.5 Å². The van der Waals surface area contributed by atoms with E-state index in [1.807, 2.05) is 6.07 Å². The molecule has 1 heterocycles.